The minimum absolute atomic E-state index is 0.227. The molecule has 0 radical (unpaired) electrons. The van der Waals surface area contributed by atoms with E-state index in [4.69, 9.17) is 4.74 Å². The molecule has 2 atom stereocenters. The number of phenols is 1. The first-order valence-electron chi connectivity index (χ1n) is 6.25. The molecule has 0 saturated heterocycles. The fraction of sp³-hybridized carbons (Fsp3) is 0.250. The molecule has 100 valence electrons. The highest BCUT2D eigenvalue weighted by atomic mass is 16.5. The largest absolute Gasteiger partial charge is 0.508 e. The van der Waals surface area contributed by atoms with Crippen molar-refractivity contribution in [2.45, 2.75) is 18.6 Å². The topological polar surface area (TPSA) is 49.7 Å². The number of para-hydroxylation sites is 1. The summed E-state index contributed by atoms with van der Waals surface area (Å²) in [5.74, 6) is 0.227. The molecule has 0 heterocycles. The summed E-state index contributed by atoms with van der Waals surface area (Å²) < 4.78 is 5.36. The van der Waals surface area contributed by atoms with E-state index in [9.17, 15) is 10.2 Å². The third-order valence-corrected chi connectivity index (χ3v) is 3.21. The summed E-state index contributed by atoms with van der Waals surface area (Å²) in [6, 6.07) is 16.5. The minimum Gasteiger partial charge on any atom is -0.508 e. The summed E-state index contributed by atoms with van der Waals surface area (Å²) in [5, 5.41) is 20.1. The van der Waals surface area contributed by atoms with E-state index in [0.29, 0.717) is 6.42 Å². The molecule has 2 aromatic rings. The number of hydrogen-bond acceptors (Lipinski definition) is 3. The van der Waals surface area contributed by atoms with Gasteiger partial charge >= 0.3 is 0 Å². The van der Waals surface area contributed by atoms with Gasteiger partial charge in [-0.15, -0.1) is 0 Å². The van der Waals surface area contributed by atoms with Crippen molar-refractivity contribution in [3.8, 4) is 5.75 Å². The van der Waals surface area contributed by atoms with Gasteiger partial charge in [0.25, 0.3) is 0 Å². The average Bonchev–Trinajstić information content (AvgIpc) is 2.47. The maximum absolute atomic E-state index is 10.3. The molecule has 2 aromatic carbocycles. The van der Waals surface area contributed by atoms with E-state index in [-0.39, 0.29) is 5.75 Å². The van der Waals surface area contributed by atoms with Gasteiger partial charge in [-0.2, -0.15) is 0 Å². The van der Waals surface area contributed by atoms with Crippen molar-refractivity contribution >= 4 is 0 Å². The Hall–Kier alpha value is -1.84. The van der Waals surface area contributed by atoms with E-state index < -0.39 is 12.2 Å². The molecule has 19 heavy (non-hydrogen) atoms. The Morgan fingerprint density at radius 3 is 2.26 bits per heavy atom. The molecule has 3 heteroatoms. The van der Waals surface area contributed by atoms with E-state index in [0.717, 1.165) is 11.1 Å². The average molecular weight is 258 g/mol. The molecule has 0 bridgehead atoms. The van der Waals surface area contributed by atoms with Crippen molar-refractivity contribution < 1.29 is 14.9 Å². The van der Waals surface area contributed by atoms with Gasteiger partial charge in [-0.05, 0) is 17.2 Å². The maximum Gasteiger partial charge on any atom is 0.118 e. The van der Waals surface area contributed by atoms with Gasteiger partial charge in [0.2, 0.25) is 0 Å². The first-order chi connectivity index (χ1) is 9.22. The predicted molar refractivity (Wildman–Crippen MR) is 74.0 cm³/mol. The van der Waals surface area contributed by atoms with E-state index in [1.807, 2.05) is 42.5 Å². The molecular weight excluding hydrogens is 240 g/mol. The fourth-order valence-electron chi connectivity index (χ4n) is 2.09. The lowest BCUT2D eigenvalue weighted by atomic mass is 9.98. The van der Waals surface area contributed by atoms with Gasteiger partial charge in [0.05, 0.1) is 6.10 Å². The van der Waals surface area contributed by atoms with Gasteiger partial charge in [0.1, 0.15) is 11.9 Å². The number of aromatic hydroxyl groups is 1. The molecule has 2 N–H and O–H groups in total. The van der Waals surface area contributed by atoms with Gasteiger partial charge in [0.15, 0.2) is 0 Å². The summed E-state index contributed by atoms with van der Waals surface area (Å²) >= 11 is 0. The van der Waals surface area contributed by atoms with Crippen molar-refractivity contribution in [1.82, 2.24) is 0 Å². The quantitative estimate of drug-likeness (QED) is 0.867. The predicted octanol–water partition coefficient (Wildman–Crippen LogP) is 2.68. The van der Waals surface area contributed by atoms with Crippen molar-refractivity contribution in [2.24, 2.45) is 0 Å². The van der Waals surface area contributed by atoms with Crippen LogP contribution in [0.1, 0.15) is 17.2 Å². The summed E-state index contributed by atoms with van der Waals surface area (Å²) in [5.41, 5.74) is 1.58. The van der Waals surface area contributed by atoms with Crippen LogP contribution in [0.25, 0.3) is 0 Å². The Bertz CT molecular complexity index is 510. The van der Waals surface area contributed by atoms with E-state index in [1.54, 1.807) is 19.2 Å². The molecule has 0 amide bonds. The highest BCUT2D eigenvalue weighted by Gasteiger charge is 2.21. The summed E-state index contributed by atoms with van der Waals surface area (Å²) in [6.07, 6.45) is -0.652. The van der Waals surface area contributed by atoms with Crippen LogP contribution in [0.5, 0.6) is 5.75 Å². The van der Waals surface area contributed by atoms with Crippen LogP contribution in [0, 0.1) is 0 Å². The van der Waals surface area contributed by atoms with Gasteiger partial charge in [-0.25, -0.2) is 0 Å². The van der Waals surface area contributed by atoms with Crippen molar-refractivity contribution in [3.05, 3.63) is 65.7 Å². The molecule has 0 aliphatic rings. The smallest absolute Gasteiger partial charge is 0.118 e. The van der Waals surface area contributed by atoms with Gasteiger partial charge in [0, 0.05) is 13.5 Å². The first-order valence-corrected chi connectivity index (χ1v) is 6.25. The second-order valence-corrected chi connectivity index (χ2v) is 4.46. The lowest BCUT2D eigenvalue weighted by molar-refractivity contribution is -0.0127. The molecule has 0 fully saturated rings. The van der Waals surface area contributed by atoms with Crippen LogP contribution in [0.3, 0.4) is 0 Å². The Labute approximate surface area is 113 Å². The minimum atomic E-state index is -0.717. The number of aliphatic hydroxyl groups excluding tert-OH is 1. The van der Waals surface area contributed by atoms with Crippen molar-refractivity contribution in [3.63, 3.8) is 0 Å². The zero-order valence-corrected chi connectivity index (χ0v) is 10.9. The molecule has 3 nitrogen and oxygen atoms in total. The van der Waals surface area contributed by atoms with Gasteiger partial charge in [-0.1, -0.05) is 48.5 Å². The molecule has 0 spiro atoms. The third kappa shape index (κ3) is 3.34. The van der Waals surface area contributed by atoms with Crippen LogP contribution in [0.2, 0.25) is 0 Å². The van der Waals surface area contributed by atoms with Crippen LogP contribution >= 0.6 is 0 Å². The van der Waals surface area contributed by atoms with E-state index >= 15 is 0 Å². The number of methoxy groups -OCH3 is 1. The molecule has 2 rings (SSSR count). The molecule has 0 unspecified atom stereocenters. The zero-order valence-electron chi connectivity index (χ0n) is 10.9. The first kappa shape index (κ1) is 13.6. The van der Waals surface area contributed by atoms with Gasteiger partial charge in [-0.3, -0.25) is 0 Å². The second-order valence-electron chi connectivity index (χ2n) is 4.46. The maximum atomic E-state index is 10.3. The molecule has 0 aliphatic carbocycles. The van der Waals surface area contributed by atoms with Crippen LogP contribution in [-0.2, 0) is 11.2 Å². The Kier molecular flexibility index (Phi) is 4.55. The van der Waals surface area contributed by atoms with Gasteiger partial charge < -0.3 is 14.9 Å². The van der Waals surface area contributed by atoms with Crippen LogP contribution in [-0.4, -0.2) is 23.4 Å². The summed E-state index contributed by atoms with van der Waals surface area (Å²) in [6.45, 7) is 0. The lowest BCUT2D eigenvalue weighted by Crippen LogP contribution is -2.23. The zero-order chi connectivity index (χ0) is 13.7. The van der Waals surface area contributed by atoms with E-state index in [1.165, 1.54) is 0 Å². The Morgan fingerprint density at radius 2 is 1.63 bits per heavy atom. The third-order valence-electron chi connectivity index (χ3n) is 3.21. The van der Waals surface area contributed by atoms with Crippen molar-refractivity contribution in [2.75, 3.05) is 7.11 Å². The fourth-order valence-corrected chi connectivity index (χ4v) is 2.09. The van der Waals surface area contributed by atoms with E-state index in [2.05, 4.69) is 0 Å². The molecule has 0 saturated carbocycles. The summed E-state index contributed by atoms with van der Waals surface area (Å²) in [4.78, 5) is 0. The van der Waals surface area contributed by atoms with Crippen LogP contribution < -0.4 is 0 Å². The van der Waals surface area contributed by atoms with Crippen LogP contribution in [0.15, 0.2) is 54.6 Å². The molecule has 0 aliphatic heterocycles. The standard InChI is InChI=1S/C16H18O3/c1-19-15(11-13-9-5-6-10-14(13)17)16(18)12-7-3-2-4-8-12/h2-10,15-18H,11H2,1H3/t15-,16+/m1/s1. The number of rotatable bonds is 5. The lowest BCUT2D eigenvalue weighted by Gasteiger charge is -2.22. The second kappa shape index (κ2) is 6.36. The highest BCUT2D eigenvalue weighted by Crippen LogP contribution is 2.25. The SMILES string of the molecule is CO[C@H](Cc1ccccc1O)[C@@H](O)c1ccccc1. The molecular formula is C16H18O3. The number of aliphatic hydroxyl groups is 1. The van der Waals surface area contributed by atoms with Crippen LogP contribution in [0.4, 0.5) is 0 Å². The number of ether oxygens (including phenoxy) is 1. The Morgan fingerprint density at radius 1 is 1.00 bits per heavy atom. The number of benzene rings is 2. The molecule has 0 aromatic heterocycles. The summed E-state index contributed by atoms with van der Waals surface area (Å²) in [7, 11) is 1.57. The highest BCUT2D eigenvalue weighted by molar-refractivity contribution is 5.32. The number of hydrogen-bond donors (Lipinski definition) is 2. The normalized spacial score (nSPS) is 14.0. The van der Waals surface area contributed by atoms with Crippen molar-refractivity contribution in [1.29, 1.82) is 0 Å². The number of phenolic OH excluding ortho intramolecular Hbond substituents is 1. The monoisotopic (exact) mass is 258 g/mol. The Balaban J connectivity index is 2.15.